The summed E-state index contributed by atoms with van der Waals surface area (Å²) >= 11 is 0. The number of methoxy groups -OCH3 is 1. The van der Waals surface area contributed by atoms with Crippen molar-refractivity contribution in [3.8, 4) is 11.8 Å². The second-order valence-corrected chi connectivity index (χ2v) is 5.48. The number of pyridine rings is 1. The zero-order valence-electron chi connectivity index (χ0n) is 14.7. The molecule has 12 heteroatoms. The van der Waals surface area contributed by atoms with Gasteiger partial charge in [-0.25, -0.2) is 4.98 Å². The molecule has 144 valence electrons. The van der Waals surface area contributed by atoms with Gasteiger partial charge in [-0.15, -0.1) is 0 Å². The molecule has 0 fully saturated rings. The summed E-state index contributed by atoms with van der Waals surface area (Å²) < 4.78 is 5.04. The molecule has 1 aromatic carbocycles. The van der Waals surface area contributed by atoms with Gasteiger partial charge in [-0.1, -0.05) is 0 Å². The highest BCUT2D eigenvalue weighted by atomic mass is 16.6. The topological polar surface area (TPSA) is 177 Å². The first-order chi connectivity index (χ1) is 13.3. The number of anilines is 1. The summed E-state index contributed by atoms with van der Waals surface area (Å²) in [5.74, 6) is -0.677. The molecule has 2 aromatic rings. The second kappa shape index (κ2) is 8.52. The van der Waals surface area contributed by atoms with Crippen LogP contribution in [0.4, 0.5) is 17.2 Å². The molecule has 0 saturated carbocycles. The van der Waals surface area contributed by atoms with Crippen LogP contribution in [-0.4, -0.2) is 33.3 Å². The van der Waals surface area contributed by atoms with E-state index in [4.69, 9.17) is 4.74 Å². The Morgan fingerprint density at radius 1 is 1.36 bits per heavy atom. The van der Waals surface area contributed by atoms with Crippen LogP contribution in [0.1, 0.15) is 22.4 Å². The molecule has 0 unspecified atom stereocenters. The number of nitro groups is 2. The monoisotopic (exact) mass is 386 g/mol. The van der Waals surface area contributed by atoms with Gasteiger partial charge in [0.1, 0.15) is 11.6 Å². The van der Waals surface area contributed by atoms with E-state index in [0.29, 0.717) is 17.3 Å². The summed E-state index contributed by atoms with van der Waals surface area (Å²) in [6.45, 7) is 1.87. The maximum Gasteiger partial charge on any atom is 0.318 e. The van der Waals surface area contributed by atoms with Crippen LogP contribution in [0.25, 0.3) is 0 Å². The minimum Gasteiger partial charge on any atom is -0.502 e. The van der Waals surface area contributed by atoms with Gasteiger partial charge < -0.3 is 9.84 Å². The fourth-order valence-electron chi connectivity index (χ4n) is 2.35. The van der Waals surface area contributed by atoms with Gasteiger partial charge in [0, 0.05) is 24.4 Å². The summed E-state index contributed by atoms with van der Waals surface area (Å²) in [5.41, 5.74) is 2.17. The average Bonchev–Trinajstić information content (AvgIpc) is 2.62. The molecule has 0 atom stereocenters. The largest absolute Gasteiger partial charge is 0.502 e. The number of nitro benzene ring substituents is 2. The van der Waals surface area contributed by atoms with Gasteiger partial charge in [0.2, 0.25) is 5.75 Å². The lowest BCUT2D eigenvalue weighted by Crippen LogP contribution is -2.04. The Bertz CT molecular complexity index is 1010. The second-order valence-electron chi connectivity index (χ2n) is 5.48. The maximum absolute atomic E-state index is 11.0. The first-order valence-corrected chi connectivity index (χ1v) is 7.62. The number of hydrogen-bond acceptors (Lipinski definition) is 10. The average molecular weight is 386 g/mol. The van der Waals surface area contributed by atoms with E-state index in [1.807, 2.05) is 6.07 Å². The SMILES string of the molecule is COCc1cc(C)nc(N/N=C/c2cc([N+](=O)[O-])cc([N+](=O)[O-])c2O)c1C#N. The lowest BCUT2D eigenvalue weighted by molar-refractivity contribution is -0.394. The third kappa shape index (κ3) is 4.34. The number of hydrogen-bond donors (Lipinski definition) is 2. The van der Waals surface area contributed by atoms with Crippen molar-refractivity contribution in [3.05, 3.63) is 60.8 Å². The number of nitriles is 1. The number of benzene rings is 1. The highest BCUT2D eigenvalue weighted by molar-refractivity contribution is 5.87. The van der Waals surface area contributed by atoms with E-state index in [0.717, 1.165) is 12.3 Å². The standard InChI is InChI=1S/C16H14N6O6/c1-9-3-11(8-28-2)13(6-17)16(19-9)20-18-7-10-4-12(21(24)25)5-14(15(10)23)22(26)27/h3-5,7,23H,8H2,1-2H3,(H,19,20)/b18-7+. The normalized spacial score (nSPS) is 10.6. The molecule has 0 saturated heterocycles. The van der Waals surface area contributed by atoms with Crippen LogP contribution in [-0.2, 0) is 11.3 Å². The van der Waals surface area contributed by atoms with Gasteiger partial charge in [0.15, 0.2) is 5.82 Å². The highest BCUT2D eigenvalue weighted by Crippen LogP contribution is 2.33. The molecular formula is C16H14N6O6. The summed E-state index contributed by atoms with van der Waals surface area (Å²) in [5, 5.41) is 45.0. The number of aromatic nitrogens is 1. The Hall–Kier alpha value is -4.11. The van der Waals surface area contributed by atoms with Crippen molar-refractivity contribution in [1.82, 2.24) is 4.98 Å². The number of phenolic OH excluding ortho intramolecular Hbond substituents is 1. The van der Waals surface area contributed by atoms with Crippen molar-refractivity contribution in [1.29, 1.82) is 5.26 Å². The quantitative estimate of drug-likeness (QED) is 0.410. The van der Waals surface area contributed by atoms with Crippen molar-refractivity contribution in [2.45, 2.75) is 13.5 Å². The van der Waals surface area contributed by atoms with Gasteiger partial charge in [0.25, 0.3) is 5.69 Å². The summed E-state index contributed by atoms with van der Waals surface area (Å²) in [4.78, 5) is 24.3. The number of nitrogens with one attached hydrogen (secondary N) is 1. The third-order valence-corrected chi connectivity index (χ3v) is 3.53. The molecule has 2 N–H and O–H groups in total. The molecule has 0 aliphatic rings. The van der Waals surface area contributed by atoms with Gasteiger partial charge in [0.05, 0.1) is 34.3 Å². The van der Waals surface area contributed by atoms with E-state index in [-0.39, 0.29) is 23.6 Å². The van der Waals surface area contributed by atoms with E-state index < -0.39 is 27.0 Å². The van der Waals surface area contributed by atoms with Crippen LogP contribution in [0.2, 0.25) is 0 Å². The lowest BCUT2D eigenvalue weighted by Gasteiger charge is -2.09. The van der Waals surface area contributed by atoms with Crippen molar-refractivity contribution in [2.75, 3.05) is 12.5 Å². The summed E-state index contributed by atoms with van der Waals surface area (Å²) in [6.07, 6.45) is 0.955. The van der Waals surface area contributed by atoms with Gasteiger partial charge in [-0.2, -0.15) is 10.4 Å². The summed E-state index contributed by atoms with van der Waals surface area (Å²) in [6, 6.07) is 5.23. The Balaban J connectivity index is 2.42. The zero-order valence-corrected chi connectivity index (χ0v) is 14.7. The van der Waals surface area contributed by atoms with E-state index >= 15 is 0 Å². The molecule has 1 aromatic heterocycles. The predicted octanol–water partition coefficient (Wildman–Crippen LogP) is 2.38. The van der Waals surface area contributed by atoms with E-state index in [2.05, 4.69) is 15.5 Å². The Kier molecular flexibility index (Phi) is 6.14. The van der Waals surface area contributed by atoms with E-state index in [1.165, 1.54) is 7.11 Å². The molecule has 1 heterocycles. The Labute approximate surface area is 158 Å². The number of aromatic hydroxyl groups is 1. The number of hydrazone groups is 1. The number of ether oxygens (including phenoxy) is 1. The smallest absolute Gasteiger partial charge is 0.318 e. The molecule has 0 bridgehead atoms. The van der Waals surface area contributed by atoms with Crippen molar-refractivity contribution < 1.29 is 19.7 Å². The number of rotatable bonds is 7. The first kappa shape index (κ1) is 20.2. The molecule has 0 amide bonds. The predicted molar refractivity (Wildman–Crippen MR) is 97.0 cm³/mol. The fraction of sp³-hybridized carbons (Fsp3) is 0.188. The molecule has 28 heavy (non-hydrogen) atoms. The number of aryl methyl sites for hydroxylation is 1. The summed E-state index contributed by atoms with van der Waals surface area (Å²) in [7, 11) is 1.47. The van der Waals surface area contributed by atoms with Gasteiger partial charge in [-0.3, -0.25) is 25.7 Å². The first-order valence-electron chi connectivity index (χ1n) is 7.62. The molecule has 2 rings (SSSR count). The Morgan fingerprint density at radius 3 is 2.64 bits per heavy atom. The molecule has 0 radical (unpaired) electrons. The van der Waals surface area contributed by atoms with Crippen molar-refractivity contribution in [2.24, 2.45) is 5.10 Å². The molecule has 0 aliphatic heterocycles. The van der Waals surface area contributed by atoms with Crippen LogP contribution in [0.15, 0.2) is 23.3 Å². The van der Waals surface area contributed by atoms with Gasteiger partial charge in [-0.05, 0) is 13.0 Å². The van der Waals surface area contributed by atoms with Crippen molar-refractivity contribution >= 4 is 23.4 Å². The van der Waals surface area contributed by atoms with Gasteiger partial charge >= 0.3 is 5.69 Å². The minimum absolute atomic E-state index is 0.102. The third-order valence-electron chi connectivity index (χ3n) is 3.53. The van der Waals surface area contributed by atoms with Crippen LogP contribution in [0.3, 0.4) is 0 Å². The highest BCUT2D eigenvalue weighted by Gasteiger charge is 2.23. The number of nitrogens with zero attached hydrogens (tertiary/aromatic N) is 5. The van der Waals surface area contributed by atoms with Crippen LogP contribution >= 0.6 is 0 Å². The molecule has 0 aliphatic carbocycles. The zero-order chi connectivity index (χ0) is 20.8. The van der Waals surface area contributed by atoms with Crippen molar-refractivity contribution in [3.63, 3.8) is 0 Å². The maximum atomic E-state index is 11.0. The fourth-order valence-corrected chi connectivity index (χ4v) is 2.35. The number of non-ortho nitro benzene ring substituents is 1. The lowest BCUT2D eigenvalue weighted by atomic mass is 10.1. The minimum atomic E-state index is -0.944. The molecular weight excluding hydrogens is 372 g/mol. The molecule has 0 spiro atoms. The number of phenols is 1. The molecule has 12 nitrogen and oxygen atoms in total. The van der Waals surface area contributed by atoms with E-state index in [9.17, 15) is 30.6 Å². The van der Waals surface area contributed by atoms with Crippen LogP contribution < -0.4 is 5.43 Å². The Morgan fingerprint density at radius 2 is 2.07 bits per heavy atom. The van der Waals surface area contributed by atoms with E-state index in [1.54, 1.807) is 13.0 Å². The van der Waals surface area contributed by atoms with Crippen LogP contribution in [0, 0.1) is 38.5 Å². The van der Waals surface area contributed by atoms with Crippen LogP contribution in [0.5, 0.6) is 5.75 Å².